The SMILES string of the molecule is Cc1ccccc1N(c1ccccc1)C(F)(F)F. The fourth-order valence-corrected chi connectivity index (χ4v) is 1.81. The van der Waals surface area contributed by atoms with E-state index in [2.05, 4.69) is 0 Å². The standard InChI is InChI=1S/C14H12F3N/c1-11-7-5-6-10-13(11)18(14(15,16)17)12-8-3-2-4-9-12/h2-10H,1H3. The Morgan fingerprint density at radius 3 is 1.94 bits per heavy atom. The summed E-state index contributed by atoms with van der Waals surface area (Å²) in [6.45, 7) is 1.66. The molecule has 0 bridgehead atoms. The number of hydrogen-bond acceptors (Lipinski definition) is 1. The molecule has 0 spiro atoms. The molecule has 0 aliphatic carbocycles. The smallest absolute Gasteiger partial charge is 0.253 e. The Balaban J connectivity index is 2.55. The molecule has 0 atom stereocenters. The van der Waals surface area contributed by atoms with Gasteiger partial charge in [-0.2, -0.15) is 0 Å². The highest BCUT2D eigenvalue weighted by molar-refractivity contribution is 5.66. The average Bonchev–Trinajstić information content (AvgIpc) is 2.32. The highest BCUT2D eigenvalue weighted by Gasteiger charge is 2.39. The van der Waals surface area contributed by atoms with E-state index in [4.69, 9.17) is 0 Å². The van der Waals surface area contributed by atoms with Crippen molar-refractivity contribution >= 4 is 11.4 Å². The molecule has 18 heavy (non-hydrogen) atoms. The van der Waals surface area contributed by atoms with Crippen molar-refractivity contribution in [2.24, 2.45) is 0 Å². The zero-order valence-electron chi connectivity index (χ0n) is 9.78. The van der Waals surface area contributed by atoms with Crippen molar-refractivity contribution in [2.45, 2.75) is 13.2 Å². The number of aryl methyl sites for hydroxylation is 1. The summed E-state index contributed by atoms with van der Waals surface area (Å²) in [6.07, 6.45) is -4.45. The molecule has 0 aliphatic heterocycles. The molecule has 0 aromatic heterocycles. The minimum atomic E-state index is -4.45. The summed E-state index contributed by atoms with van der Waals surface area (Å²) in [4.78, 5) is 0.391. The number of alkyl halides is 3. The van der Waals surface area contributed by atoms with E-state index < -0.39 is 6.30 Å². The summed E-state index contributed by atoms with van der Waals surface area (Å²) >= 11 is 0. The van der Waals surface area contributed by atoms with Crippen molar-refractivity contribution in [3.8, 4) is 0 Å². The Bertz CT molecular complexity index is 520. The number of halogens is 3. The van der Waals surface area contributed by atoms with E-state index >= 15 is 0 Å². The minimum Gasteiger partial charge on any atom is -0.253 e. The molecule has 0 fully saturated rings. The zero-order chi connectivity index (χ0) is 13.2. The summed E-state index contributed by atoms with van der Waals surface area (Å²) in [7, 11) is 0. The van der Waals surface area contributed by atoms with Crippen molar-refractivity contribution in [1.82, 2.24) is 0 Å². The second kappa shape index (κ2) is 4.72. The van der Waals surface area contributed by atoms with E-state index in [-0.39, 0.29) is 11.4 Å². The van der Waals surface area contributed by atoms with E-state index in [1.54, 1.807) is 43.3 Å². The fraction of sp³-hybridized carbons (Fsp3) is 0.143. The molecule has 0 aliphatic rings. The van der Waals surface area contributed by atoms with Gasteiger partial charge in [-0.3, -0.25) is 4.90 Å². The first-order valence-corrected chi connectivity index (χ1v) is 5.48. The first-order chi connectivity index (χ1) is 8.50. The van der Waals surface area contributed by atoms with Crippen LogP contribution in [0.5, 0.6) is 0 Å². The quantitative estimate of drug-likeness (QED) is 0.702. The maximum Gasteiger partial charge on any atom is 0.489 e. The van der Waals surface area contributed by atoms with Crippen LogP contribution in [0, 0.1) is 6.92 Å². The summed E-state index contributed by atoms with van der Waals surface area (Å²) in [5.41, 5.74) is 0.842. The predicted molar refractivity (Wildman–Crippen MR) is 65.8 cm³/mol. The molecule has 0 N–H and O–H groups in total. The highest BCUT2D eigenvalue weighted by atomic mass is 19.4. The molecule has 2 aromatic carbocycles. The normalized spacial score (nSPS) is 11.3. The van der Waals surface area contributed by atoms with Crippen molar-refractivity contribution in [3.63, 3.8) is 0 Å². The van der Waals surface area contributed by atoms with Crippen molar-refractivity contribution < 1.29 is 13.2 Å². The Hall–Kier alpha value is -1.97. The zero-order valence-corrected chi connectivity index (χ0v) is 9.78. The van der Waals surface area contributed by atoms with Crippen molar-refractivity contribution in [3.05, 3.63) is 60.2 Å². The largest absolute Gasteiger partial charge is 0.489 e. The van der Waals surface area contributed by atoms with Gasteiger partial charge < -0.3 is 0 Å². The van der Waals surface area contributed by atoms with Crippen LogP contribution in [0.1, 0.15) is 5.56 Å². The van der Waals surface area contributed by atoms with E-state index in [9.17, 15) is 13.2 Å². The molecule has 1 nitrogen and oxygen atoms in total. The van der Waals surface area contributed by atoms with Gasteiger partial charge in [0.25, 0.3) is 0 Å². The number of nitrogens with zero attached hydrogens (tertiary/aromatic N) is 1. The maximum absolute atomic E-state index is 13.2. The highest BCUT2D eigenvalue weighted by Crippen LogP contribution is 2.37. The van der Waals surface area contributed by atoms with Crippen LogP contribution in [0.25, 0.3) is 0 Å². The van der Waals surface area contributed by atoms with Crippen LogP contribution < -0.4 is 4.90 Å². The lowest BCUT2D eigenvalue weighted by Gasteiger charge is -2.28. The van der Waals surface area contributed by atoms with Crippen molar-refractivity contribution in [1.29, 1.82) is 0 Å². The third kappa shape index (κ3) is 2.47. The number of hydrogen-bond donors (Lipinski definition) is 0. The molecule has 0 saturated heterocycles. The Kier molecular flexibility index (Phi) is 3.28. The molecule has 0 radical (unpaired) electrons. The van der Waals surface area contributed by atoms with E-state index in [0.29, 0.717) is 10.5 Å². The summed E-state index contributed by atoms with van der Waals surface area (Å²) < 4.78 is 39.6. The van der Waals surface area contributed by atoms with Crippen LogP contribution in [0.2, 0.25) is 0 Å². The van der Waals surface area contributed by atoms with Gasteiger partial charge in [-0.05, 0) is 30.7 Å². The first-order valence-electron chi connectivity index (χ1n) is 5.48. The van der Waals surface area contributed by atoms with Gasteiger partial charge in [-0.25, -0.2) is 0 Å². The van der Waals surface area contributed by atoms with E-state index in [1.807, 2.05) is 0 Å². The second-order valence-corrected chi connectivity index (χ2v) is 3.93. The van der Waals surface area contributed by atoms with E-state index in [0.717, 1.165) is 0 Å². The number of anilines is 2. The fourth-order valence-electron chi connectivity index (χ4n) is 1.81. The molecule has 0 saturated carbocycles. The molecule has 4 heteroatoms. The monoisotopic (exact) mass is 251 g/mol. The van der Waals surface area contributed by atoms with Crippen molar-refractivity contribution in [2.75, 3.05) is 4.90 Å². The summed E-state index contributed by atoms with van der Waals surface area (Å²) in [5.74, 6) is 0. The van der Waals surface area contributed by atoms with Crippen LogP contribution in [0.15, 0.2) is 54.6 Å². The van der Waals surface area contributed by atoms with Crippen LogP contribution in [0.3, 0.4) is 0 Å². The lowest BCUT2D eigenvalue weighted by molar-refractivity contribution is -0.120. The number of benzene rings is 2. The van der Waals surface area contributed by atoms with Gasteiger partial charge in [0.1, 0.15) is 0 Å². The minimum absolute atomic E-state index is 0.110. The first kappa shape index (κ1) is 12.5. The molecular weight excluding hydrogens is 239 g/mol. The third-order valence-electron chi connectivity index (χ3n) is 2.62. The summed E-state index contributed by atoms with van der Waals surface area (Å²) in [5, 5.41) is 0. The molecule has 0 amide bonds. The lowest BCUT2D eigenvalue weighted by Crippen LogP contribution is -2.34. The Labute approximate surface area is 103 Å². The van der Waals surface area contributed by atoms with E-state index in [1.165, 1.54) is 18.2 Å². The average molecular weight is 251 g/mol. The van der Waals surface area contributed by atoms with Gasteiger partial charge in [-0.15, -0.1) is 13.2 Å². The molecule has 0 unspecified atom stereocenters. The Morgan fingerprint density at radius 2 is 1.39 bits per heavy atom. The van der Waals surface area contributed by atoms with Gasteiger partial charge in [0, 0.05) is 5.69 Å². The topological polar surface area (TPSA) is 3.24 Å². The van der Waals surface area contributed by atoms with Gasteiger partial charge in [0.15, 0.2) is 0 Å². The molecule has 0 heterocycles. The number of para-hydroxylation sites is 2. The molecule has 2 rings (SSSR count). The molecule has 2 aromatic rings. The lowest BCUT2D eigenvalue weighted by atomic mass is 10.1. The molecular formula is C14H12F3N. The second-order valence-electron chi connectivity index (χ2n) is 3.93. The maximum atomic E-state index is 13.2. The molecule has 94 valence electrons. The van der Waals surface area contributed by atoms with Gasteiger partial charge in [0.05, 0.1) is 5.69 Å². The van der Waals surface area contributed by atoms with Crippen LogP contribution in [-0.4, -0.2) is 6.30 Å². The number of rotatable bonds is 2. The van der Waals surface area contributed by atoms with Gasteiger partial charge in [-0.1, -0.05) is 36.4 Å². The van der Waals surface area contributed by atoms with Crippen LogP contribution >= 0.6 is 0 Å². The Morgan fingerprint density at radius 1 is 0.833 bits per heavy atom. The van der Waals surface area contributed by atoms with Crippen LogP contribution in [-0.2, 0) is 0 Å². The van der Waals surface area contributed by atoms with Crippen LogP contribution in [0.4, 0.5) is 24.5 Å². The van der Waals surface area contributed by atoms with Gasteiger partial charge in [0.2, 0.25) is 0 Å². The third-order valence-corrected chi connectivity index (χ3v) is 2.62. The van der Waals surface area contributed by atoms with Gasteiger partial charge >= 0.3 is 6.30 Å². The predicted octanol–water partition coefficient (Wildman–Crippen LogP) is 4.65. The summed E-state index contributed by atoms with van der Waals surface area (Å²) in [6, 6.07) is 14.2.